The number of ketones is 1. The number of hydrogen-bond donors (Lipinski definition) is 2. The van der Waals surface area contributed by atoms with Crippen LogP contribution in [0.2, 0.25) is 0 Å². The maximum atomic E-state index is 15.2. The topological polar surface area (TPSA) is 91.6 Å². The molecule has 1 fully saturated rings. The molecule has 2 aliphatic rings. The van der Waals surface area contributed by atoms with Gasteiger partial charge in [-0.05, 0) is 26.8 Å². The molecule has 2 N–H and O–H groups in total. The highest BCUT2D eigenvalue weighted by Crippen LogP contribution is 2.38. The maximum Gasteiger partial charge on any atom is 0.341 e. The highest BCUT2D eigenvalue weighted by molar-refractivity contribution is 6.13. The van der Waals surface area contributed by atoms with Gasteiger partial charge in [-0.15, -0.1) is 0 Å². The molecule has 0 amide bonds. The van der Waals surface area contributed by atoms with Gasteiger partial charge in [0.15, 0.2) is 5.78 Å². The number of pyridine rings is 1. The van der Waals surface area contributed by atoms with Crippen LogP contribution in [0.5, 0.6) is 0 Å². The van der Waals surface area contributed by atoms with Gasteiger partial charge in [0.25, 0.3) is 0 Å². The number of Topliss-reactive ketones (excluding diaryl/α,β-unsaturated/α-hetero) is 1. The minimum absolute atomic E-state index is 0.0627. The number of carboxylic acid groups (broad SMARTS) is 1. The lowest BCUT2D eigenvalue weighted by molar-refractivity contribution is 0.0694. The second-order valence-electron chi connectivity index (χ2n) is 7.91. The van der Waals surface area contributed by atoms with E-state index in [1.807, 2.05) is 18.7 Å². The van der Waals surface area contributed by atoms with Crippen molar-refractivity contribution in [3.63, 3.8) is 0 Å². The SMILES string of the molecule is CC1CN(c2c(F)cc3c(=O)c(C(=O)O)cn4c3c2C(=O)CC4C)CC(C)N1. The van der Waals surface area contributed by atoms with Gasteiger partial charge < -0.3 is 19.9 Å². The number of carbonyl (C=O) groups excluding carboxylic acids is 1. The zero-order valence-corrected chi connectivity index (χ0v) is 16.0. The molecule has 8 heteroatoms. The first kappa shape index (κ1) is 18.6. The van der Waals surface area contributed by atoms with Crippen LogP contribution in [-0.4, -0.2) is 46.6 Å². The lowest BCUT2D eigenvalue weighted by Crippen LogP contribution is -2.55. The monoisotopic (exact) mass is 387 g/mol. The zero-order chi connectivity index (χ0) is 20.3. The first-order chi connectivity index (χ1) is 13.2. The number of halogens is 1. The van der Waals surface area contributed by atoms with Crippen molar-refractivity contribution in [2.45, 2.75) is 45.3 Å². The third-order valence-electron chi connectivity index (χ3n) is 5.58. The van der Waals surface area contributed by atoms with E-state index in [9.17, 15) is 19.5 Å². The molecule has 2 aliphatic heterocycles. The van der Waals surface area contributed by atoms with Crippen molar-refractivity contribution < 1.29 is 19.1 Å². The summed E-state index contributed by atoms with van der Waals surface area (Å²) in [6, 6.07) is 0.989. The molecular formula is C20H22FN3O4. The molecule has 4 rings (SSSR count). The highest BCUT2D eigenvalue weighted by atomic mass is 19.1. The van der Waals surface area contributed by atoms with Crippen molar-refractivity contribution in [1.29, 1.82) is 0 Å². The van der Waals surface area contributed by atoms with Gasteiger partial charge in [0.1, 0.15) is 11.4 Å². The Kier molecular flexibility index (Phi) is 4.26. The van der Waals surface area contributed by atoms with Crippen molar-refractivity contribution in [1.82, 2.24) is 9.88 Å². The van der Waals surface area contributed by atoms with E-state index in [0.29, 0.717) is 18.6 Å². The molecule has 3 heterocycles. The molecule has 0 radical (unpaired) electrons. The average Bonchev–Trinajstić information content (AvgIpc) is 2.59. The summed E-state index contributed by atoms with van der Waals surface area (Å²) in [5.74, 6) is -2.26. The van der Waals surface area contributed by atoms with Crippen LogP contribution in [0.4, 0.5) is 10.1 Å². The molecule has 0 bridgehead atoms. The van der Waals surface area contributed by atoms with Gasteiger partial charge in [0.05, 0.1) is 22.2 Å². The summed E-state index contributed by atoms with van der Waals surface area (Å²) in [5.41, 5.74) is -0.469. The lowest BCUT2D eigenvalue weighted by Gasteiger charge is -2.39. The highest BCUT2D eigenvalue weighted by Gasteiger charge is 2.34. The van der Waals surface area contributed by atoms with Crippen molar-refractivity contribution >= 4 is 28.3 Å². The maximum absolute atomic E-state index is 15.2. The molecule has 1 aromatic carbocycles. The number of benzene rings is 1. The van der Waals surface area contributed by atoms with Crippen LogP contribution in [-0.2, 0) is 0 Å². The first-order valence-electron chi connectivity index (χ1n) is 9.37. The summed E-state index contributed by atoms with van der Waals surface area (Å²) in [5, 5.41) is 12.7. The van der Waals surface area contributed by atoms with Gasteiger partial charge in [-0.3, -0.25) is 9.59 Å². The fourth-order valence-electron chi connectivity index (χ4n) is 4.53. The predicted octanol–water partition coefficient (Wildman–Crippen LogP) is 2.17. The van der Waals surface area contributed by atoms with Crippen molar-refractivity contribution in [2.24, 2.45) is 0 Å². The number of aromatic carboxylic acids is 1. The van der Waals surface area contributed by atoms with Crippen LogP contribution in [0.25, 0.3) is 10.9 Å². The van der Waals surface area contributed by atoms with E-state index >= 15 is 4.39 Å². The average molecular weight is 387 g/mol. The van der Waals surface area contributed by atoms with Crippen molar-refractivity contribution in [2.75, 3.05) is 18.0 Å². The quantitative estimate of drug-likeness (QED) is 0.821. The van der Waals surface area contributed by atoms with Crippen LogP contribution >= 0.6 is 0 Å². The van der Waals surface area contributed by atoms with Crippen molar-refractivity contribution in [3.05, 3.63) is 39.4 Å². The van der Waals surface area contributed by atoms with E-state index < -0.39 is 22.8 Å². The Balaban J connectivity index is 2.08. The fourth-order valence-corrected chi connectivity index (χ4v) is 4.53. The van der Waals surface area contributed by atoms with Gasteiger partial charge in [0, 0.05) is 43.8 Å². The van der Waals surface area contributed by atoms with Crippen LogP contribution in [0.1, 0.15) is 53.9 Å². The van der Waals surface area contributed by atoms with E-state index in [4.69, 9.17) is 0 Å². The number of carbonyl (C=O) groups is 2. The third-order valence-corrected chi connectivity index (χ3v) is 5.58. The smallest absolute Gasteiger partial charge is 0.341 e. The summed E-state index contributed by atoms with van der Waals surface area (Å²) in [7, 11) is 0. The molecule has 7 nitrogen and oxygen atoms in total. The number of carboxylic acids is 1. The van der Waals surface area contributed by atoms with E-state index in [0.717, 1.165) is 6.07 Å². The zero-order valence-electron chi connectivity index (χ0n) is 16.0. The molecule has 28 heavy (non-hydrogen) atoms. The van der Waals surface area contributed by atoms with E-state index in [2.05, 4.69) is 5.32 Å². The number of piperazine rings is 1. The summed E-state index contributed by atoms with van der Waals surface area (Å²) in [6.45, 7) is 6.83. The Morgan fingerprint density at radius 1 is 1.21 bits per heavy atom. The summed E-state index contributed by atoms with van der Waals surface area (Å²) < 4.78 is 16.9. The molecule has 0 spiro atoms. The normalized spacial score (nSPS) is 24.6. The van der Waals surface area contributed by atoms with Crippen LogP contribution in [0.15, 0.2) is 17.1 Å². The molecule has 0 saturated carbocycles. The Bertz CT molecular complexity index is 1070. The summed E-state index contributed by atoms with van der Waals surface area (Å²) >= 11 is 0. The molecule has 1 aromatic heterocycles. The molecule has 0 aliphatic carbocycles. The molecule has 3 unspecified atom stereocenters. The largest absolute Gasteiger partial charge is 0.477 e. The van der Waals surface area contributed by atoms with Gasteiger partial charge in [-0.25, -0.2) is 9.18 Å². The fraction of sp³-hybridized carbons (Fsp3) is 0.450. The first-order valence-corrected chi connectivity index (χ1v) is 9.37. The second kappa shape index (κ2) is 6.41. The Hall–Kier alpha value is -2.74. The number of nitrogens with zero attached hydrogens (tertiary/aromatic N) is 2. The number of anilines is 1. The Morgan fingerprint density at radius 3 is 2.46 bits per heavy atom. The van der Waals surface area contributed by atoms with Gasteiger partial charge >= 0.3 is 5.97 Å². The van der Waals surface area contributed by atoms with Crippen LogP contribution in [0, 0.1) is 5.82 Å². The second-order valence-corrected chi connectivity index (χ2v) is 7.91. The summed E-state index contributed by atoms with van der Waals surface area (Å²) in [4.78, 5) is 39.0. The van der Waals surface area contributed by atoms with Gasteiger partial charge in [-0.1, -0.05) is 0 Å². The van der Waals surface area contributed by atoms with E-state index in [1.165, 1.54) is 6.20 Å². The summed E-state index contributed by atoms with van der Waals surface area (Å²) in [6.07, 6.45) is 1.40. The van der Waals surface area contributed by atoms with E-state index in [-0.39, 0.29) is 47.0 Å². The number of rotatable bonds is 2. The predicted molar refractivity (Wildman–Crippen MR) is 103 cm³/mol. The minimum Gasteiger partial charge on any atom is -0.477 e. The molecule has 148 valence electrons. The van der Waals surface area contributed by atoms with E-state index in [1.54, 1.807) is 11.5 Å². The molecule has 2 aromatic rings. The standard InChI is InChI=1S/C20H22FN3O4/c1-9-6-23(7-10(2)22-9)18-14(21)5-12-17-16(18)15(25)4-11(3)24(17)8-13(19(12)26)20(27)28/h5,8-11,22H,4,6-7H2,1-3H3,(H,27,28). The van der Waals surface area contributed by atoms with Crippen molar-refractivity contribution in [3.8, 4) is 0 Å². The molecular weight excluding hydrogens is 365 g/mol. The molecule has 3 atom stereocenters. The number of nitrogens with one attached hydrogen (secondary N) is 1. The number of aromatic nitrogens is 1. The number of hydrogen-bond acceptors (Lipinski definition) is 5. The van der Waals surface area contributed by atoms with Crippen LogP contribution in [0.3, 0.4) is 0 Å². The van der Waals surface area contributed by atoms with Gasteiger partial charge in [0.2, 0.25) is 5.43 Å². The Labute approximate surface area is 160 Å². The lowest BCUT2D eigenvalue weighted by atomic mass is 9.92. The Morgan fingerprint density at radius 2 is 1.86 bits per heavy atom. The van der Waals surface area contributed by atoms with Crippen LogP contribution < -0.4 is 15.6 Å². The van der Waals surface area contributed by atoms with Gasteiger partial charge in [-0.2, -0.15) is 0 Å². The third kappa shape index (κ3) is 2.71. The minimum atomic E-state index is -1.37. The molecule has 1 saturated heterocycles.